The Balaban J connectivity index is 1.42. The number of Topliss-reactive ketones (excluding diaryl/α,β-unsaturated/α-hetero) is 1. The molecule has 0 radical (unpaired) electrons. The lowest BCUT2D eigenvalue weighted by atomic mass is 10.0. The van der Waals surface area contributed by atoms with E-state index in [1.54, 1.807) is 60.8 Å². The van der Waals surface area contributed by atoms with E-state index < -0.39 is 5.91 Å². The van der Waals surface area contributed by atoms with Crippen LogP contribution >= 0.6 is 11.6 Å². The van der Waals surface area contributed by atoms with Gasteiger partial charge in [0.2, 0.25) is 5.78 Å². The summed E-state index contributed by atoms with van der Waals surface area (Å²) in [6.07, 6.45) is 4.67. The minimum atomic E-state index is -0.689. The maximum atomic E-state index is 13.1. The number of pyridine rings is 1. The standard InChI is InChI=1S/C27H17ClN4O4/c28-17-4-3-15-10-25(20(27(30)34)9-16(15)8-17)35-14-23(33)22-13-32-26-19(22)5-6-24(21(26)11-29)36-18-2-1-7-31-12-18/h1-10,12-13,32H,14H2,(H2,30,34). The topological polar surface area (TPSA) is 131 Å². The number of nitrogens with two attached hydrogens (primary N) is 1. The number of nitriles is 1. The Kier molecular flexibility index (Phi) is 5.98. The molecule has 0 fully saturated rings. The van der Waals surface area contributed by atoms with Crippen LogP contribution in [0.4, 0.5) is 0 Å². The fourth-order valence-corrected chi connectivity index (χ4v) is 4.10. The second-order valence-corrected chi connectivity index (χ2v) is 8.32. The van der Waals surface area contributed by atoms with Crippen molar-refractivity contribution >= 4 is 45.0 Å². The van der Waals surface area contributed by atoms with E-state index >= 15 is 0 Å². The van der Waals surface area contributed by atoms with Crippen molar-refractivity contribution in [3.8, 4) is 23.3 Å². The van der Waals surface area contributed by atoms with Gasteiger partial charge in [0.15, 0.2) is 6.61 Å². The van der Waals surface area contributed by atoms with Crippen molar-refractivity contribution in [3.05, 3.63) is 94.9 Å². The second kappa shape index (κ2) is 9.41. The van der Waals surface area contributed by atoms with Gasteiger partial charge in [0, 0.05) is 28.4 Å². The molecule has 0 unspecified atom stereocenters. The molecular formula is C27H17ClN4O4. The van der Waals surface area contributed by atoms with Crippen LogP contribution in [-0.2, 0) is 0 Å². The van der Waals surface area contributed by atoms with Crippen LogP contribution in [0.15, 0.2) is 73.2 Å². The molecule has 0 saturated heterocycles. The van der Waals surface area contributed by atoms with Gasteiger partial charge in [-0.3, -0.25) is 14.6 Å². The first-order valence-corrected chi connectivity index (χ1v) is 11.1. The normalized spacial score (nSPS) is 10.8. The number of rotatable bonds is 7. The van der Waals surface area contributed by atoms with Crippen molar-refractivity contribution in [2.75, 3.05) is 6.61 Å². The summed E-state index contributed by atoms with van der Waals surface area (Å²) < 4.78 is 11.5. The smallest absolute Gasteiger partial charge is 0.252 e. The highest BCUT2D eigenvalue weighted by molar-refractivity contribution is 6.31. The molecule has 5 rings (SSSR count). The van der Waals surface area contributed by atoms with Gasteiger partial charge in [0.05, 0.1) is 17.3 Å². The summed E-state index contributed by atoms with van der Waals surface area (Å²) >= 11 is 6.04. The fraction of sp³-hybridized carbons (Fsp3) is 0.0370. The molecule has 0 atom stereocenters. The third kappa shape index (κ3) is 4.31. The predicted octanol–water partition coefficient (Wildman–Crippen LogP) is 5.39. The minimum absolute atomic E-state index is 0.139. The van der Waals surface area contributed by atoms with E-state index in [1.807, 2.05) is 0 Å². The minimum Gasteiger partial charge on any atom is -0.485 e. The first kappa shape index (κ1) is 22.9. The maximum absolute atomic E-state index is 13.1. The van der Waals surface area contributed by atoms with Crippen molar-refractivity contribution in [3.63, 3.8) is 0 Å². The quantitative estimate of drug-likeness (QED) is 0.290. The van der Waals surface area contributed by atoms with E-state index in [0.717, 1.165) is 10.8 Å². The van der Waals surface area contributed by atoms with Crippen LogP contribution in [0.1, 0.15) is 26.3 Å². The number of aromatic amines is 1. The molecule has 0 aliphatic rings. The number of hydrogen-bond donors (Lipinski definition) is 2. The van der Waals surface area contributed by atoms with Crippen LogP contribution in [0.5, 0.6) is 17.2 Å². The molecule has 0 bridgehead atoms. The number of H-pyrrole nitrogens is 1. The number of ketones is 1. The van der Waals surface area contributed by atoms with Crippen molar-refractivity contribution in [1.29, 1.82) is 5.26 Å². The number of halogens is 1. The highest BCUT2D eigenvalue weighted by atomic mass is 35.5. The Morgan fingerprint density at radius 2 is 1.92 bits per heavy atom. The molecule has 176 valence electrons. The maximum Gasteiger partial charge on any atom is 0.252 e. The molecule has 9 heteroatoms. The number of primary amides is 1. The van der Waals surface area contributed by atoms with E-state index in [2.05, 4.69) is 16.0 Å². The summed E-state index contributed by atoms with van der Waals surface area (Å²) in [5, 5.41) is 12.3. The van der Waals surface area contributed by atoms with Gasteiger partial charge in [-0.2, -0.15) is 5.26 Å². The Hall–Kier alpha value is -4.87. The van der Waals surface area contributed by atoms with Crippen molar-refractivity contribution in [1.82, 2.24) is 9.97 Å². The zero-order valence-electron chi connectivity index (χ0n) is 18.6. The lowest BCUT2D eigenvalue weighted by Gasteiger charge is -2.11. The number of nitrogens with zero attached hydrogens (tertiary/aromatic N) is 2. The molecular weight excluding hydrogens is 480 g/mol. The molecule has 36 heavy (non-hydrogen) atoms. The van der Waals surface area contributed by atoms with Gasteiger partial charge in [-0.25, -0.2) is 0 Å². The number of carbonyl (C=O) groups excluding carboxylic acids is 2. The van der Waals surface area contributed by atoms with E-state index in [0.29, 0.717) is 33.0 Å². The molecule has 2 aromatic heterocycles. The summed E-state index contributed by atoms with van der Waals surface area (Å²) in [5.41, 5.74) is 6.72. The van der Waals surface area contributed by atoms with Gasteiger partial charge >= 0.3 is 0 Å². The van der Waals surface area contributed by atoms with Gasteiger partial charge < -0.3 is 20.2 Å². The first-order chi connectivity index (χ1) is 17.4. The average molecular weight is 497 g/mol. The van der Waals surface area contributed by atoms with Gasteiger partial charge in [-0.15, -0.1) is 0 Å². The SMILES string of the molecule is N#Cc1c(Oc2cccnc2)ccc2c(C(=O)COc3cc4ccc(Cl)cc4cc3C(N)=O)c[nH]c12. The van der Waals surface area contributed by atoms with Gasteiger partial charge in [-0.05, 0) is 59.3 Å². The number of carbonyl (C=O) groups is 2. The Morgan fingerprint density at radius 3 is 2.67 bits per heavy atom. The van der Waals surface area contributed by atoms with E-state index in [1.165, 1.54) is 12.4 Å². The molecule has 1 amide bonds. The van der Waals surface area contributed by atoms with Gasteiger partial charge in [0.1, 0.15) is 28.9 Å². The molecule has 3 N–H and O–H groups in total. The summed E-state index contributed by atoms with van der Waals surface area (Å²) in [6.45, 7) is -0.345. The molecule has 0 spiro atoms. The van der Waals surface area contributed by atoms with Crippen molar-refractivity contribution in [2.24, 2.45) is 5.73 Å². The fourth-order valence-electron chi connectivity index (χ4n) is 3.92. The zero-order chi connectivity index (χ0) is 25.2. The summed E-state index contributed by atoms with van der Waals surface area (Å²) in [6, 6.07) is 17.3. The third-order valence-corrected chi connectivity index (χ3v) is 5.85. The molecule has 2 heterocycles. The highest BCUT2D eigenvalue weighted by Crippen LogP contribution is 2.33. The van der Waals surface area contributed by atoms with Gasteiger partial charge in [-0.1, -0.05) is 17.7 Å². The second-order valence-electron chi connectivity index (χ2n) is 7.88. The van der Waals surface area contributed by atoms with E-state index in [4.69, 9.17) is 26.8 Å². The van der Waals surface area contributed by atoms with E-state index in [-0.39, 0.29) is 29.3 Å². The molecule has 0 saturated carbocycles. The van der Waals surface area contributed by atoms with Crippen LogP contribution in [0.2, 0.25) is 5.02 Å². The summed E-state index contributed by atoms with van der Waals surface area (Å²) in [5.74, 6) is -0.0377. The predicted molar refractivity (Wildman–Crippen MR) is 135 cm³/mol. The summed E-state index contributed by atoms with van der Waals surface area (Å²) in [7, 11) is 0. The number of ether oxygens (including phenoxy) is 2. The largest absolute Gasteiger partial charge is 0.485 e. The number of hydrogen-bond acceptors (Lipinski definition) is 6. The van der Waals surface area contributed by atoms with Gasteiger partial charge in [0.25, 0.3) is 5.91 Å². The third-order valence-electron chi connectivity index (χ3n) is 5.62. The molecule has 3 aromatic carbocycles. The van der Waals surface area contributed by atoms with Crippen LogP contribution in [-0.4, -0.2) is 28.3 Å². The number of amides is 1. The van der Waals surface area contributed by atoms with Crippen LogP contribution in [0, 0.1) is 11.3 Å². The van der Waals surface area contributed by atoms with Crippen LogP contribution in [0.25, 0.3) is 21.7 Å². The van der Waals surface area contributed by atoms with Crippen LogP contribution < -0.4 is 15.2 Å². The lowest BCUT2D eigenvalue weighted by molar-refractivity contribution is 0.0914. The van der Waals surface area contributed by atoms with Crippen molar-refractivity contribution in [2.45, 2.75) is 0 Å². The number of benzene rings is 3. The Morgan fingerprint density at radius 1 is 1.06 bits per heavy atom. The summed E-state index contributed by atoms with van der Waals surface area (Å²) in [4.78, 5) is 32.1. The molecule has 0 aliphatic heterocycles. The lowest BCUT2D eigenvalue weighted by Crippen LogP contribution is -2.16. The monoisotopic (exact) mass is 496 g/mol. The molecule has 5 aromatic rings. The highest BCUT2D eigenvalue weighted by Gasteiger charge is 2.19. The first-order valence-electron chi connectivity index (χ1n) is 10.8. The molecule has 8 nitrogen and oxygen atoms in total. The number of nitrogens with one attached hydrogen (secondary N) is 1. The molecule has 0 aliphatic carbocycles. The number of fused-ring (bicyclic) bond motifs is 2. The number of aromatic nitrogens is 2. The zero-order valence-corrected chi connectivity index (χ0v) is 19.4. The van der Waals surface area contributed by atoms with E-state index in [9.17, 15) is 14.9 Å². The van der Waals surface area contributed by atoms with Crippen LogP contribution in [0.3, 0.4) is 0 Å². The Bertz CT molecular complexity index is 1690. The Labute approximate surface area is 209 Å². The van der Waals surface area contributed by atoms with Crippen molar-refractivity contribution < 1.29 is 19.1 Å². The average Bonchev–Trinajstić information content (AvgIpc) is 3.31.